The van der Waals surface area contributed by atoms with Crippen LogP contribution in [-0.2, 0) is 4.74 Å². The van der Waals surface area contributed by atoms with E-state index in [0.717, 1.165) is 11.1 Å². The van der Waals surface area contributed by atoms with Crippen LogP contribution in [0.2, 0.25) is 0 Å². The summed E-state index contributed by atoms with van der Waals surface area (Å²) in [5.74, 6) is -0.632. The number of hydrogen-bond donors (Lipinski definition) is 0. The molecule has 0 spiro atoms. The van der Waals surface area contributed by atoms with E-state index in [2.05, 4.69) is 0 Å². The number of ether oxygens (including phenoxy) is 1. The second kappa shape index (κ2) is 6.35. The van der Waals surface area contributed by atoms with Crippen molar-refractivity contribution in [2.75, 3.05) is 6.61 Å². The van der Waals surface area contributed by atoms with Crippen molar-refractivity contribution < 1.29 is 14.3 Å². The molecule has 21 heavy (non-hydrogen) atoms. The van der Waals surface area contributed by atoms with E-state index in [1.807, 2.05) is 26.0 Å². The molecule has 0 saturated heterocycles. The van der Waals surface area contributed by atoms with Crippen molar-refractivity contribution in [1.82, 2.24) is 0 Å². The fourth-order valence-corrected chi connectivity index (χ4v) is 2.11. The summed E-state index contributed by atoms with van der Waals surface area (Å²) in [6, 6.07) is 12.3. The summed E-state index contributed by atoms with van der Waals surface area (Å²) in [6.07, 6.45) is 0. The van der Waals surface area contributed by atoms with Crippen molar-refractivity contribution in [2.45, 2.75) is 20.8 Å². The average molecular weight is 282 g/mol. The lowest BCUT2D eigenvalue weighted by Crippen LogP contribution is -2.12. The summed E-state index contributed by atoms with van der Waals surface area (Å²) in [6.45, 7) is 5.98. The monoisotopic (exact) mass is 282 g/mol. The number of aryl methyl sites for hydroxylation is 2. The van der Waals surface area contributed by atoms with Gasteiger partial charge in [0.1, 0.15) is 0 Å². The highest BCUT2D eigenvalue weighted by atomic mass is 16.5. The summed E-state index contributed by atoms with van der Waals surface area (Å²) < 4.78 is 5.01. The molecule has 0 unspecified atom stereocenters. The van der Waals surface area contributed by atoms with Gasteiger partial charge in [0.25, 0.3) is 0 Å². The van der Waals surface area contributed by atoms with Gasteiger partial charge in [-0.2, -0.15) is 0 Å². The normalized spacial score (nSPS) is 10.2. The van der Waals surface area contributed by atoms with Crippen LogP contribution in [0.25, 0.3) is 0 Å². The summed E-state index contributed by atoms with van der Waals surface area (Å²) >= 11 is 0. The first-order valence-corrected chi connectivity index (χ1v) is 6.92. The Balaban J connectivity index is 2.43. The molecule has 0 aliphatic heterocycles. The van der Waals surface area contributed by atoms with E-state index in [1.54, 1.807) is 37.3 Å². The molecule has 3 heteroatoms. The third-order valence-electron chi connectivity index (χ3n) is 3.44. The van der Waals surface area contributed by atoms with Crippen LogP contribution in [0.3, 0.4) is 0 Å². The van der Waals surface area contributed by atoms with Crippen molar-refractivity contribution in [1.29, 1.82) is 0 Å². The fourth-order valence-electron chi connectivity index (χ4n) is 2.11. The molecule has 0 radical (unpaired) electrons. The van der Waals surface area contributed by atoms with E-state index in [-0.39, 0.29) is 12.4 Å². The van der Waals surface area contributed by atoms with Gasteiger partial charge in [0, 0.05) is 11.1 Å². The predicted octanol–water partition coefficient (Wildman–Crippen LogP) is 3.71. The molecule has 2 aromatic rings. The van der Waals surface area contributed by atoms with Crippen molar-refractivity contribution in [2.24, 2.45) is 0 Å². The van der Waals surface area contributed by atoms with Crippen LogP contribution in [-0.4, -0.2) is 18.4 Å². The van der Waals surface area contributed by atoms with Gasteiger partial charge < -0.3 is 4.74 Å². The predicted molar refractivity (Wildman–Crippen MR) is 81.7 cm³/mol. The van der Waals surface area contributed by atoms with E-state index in [1.165, 1.54) is 0 Å². The fraction of sp³-hybridized carbons (Fsp3) is 0.222. The number of esters is 1. The Kier molecular flexibility index (Phi) is 4.53. The molecule has 0 aromatic heterocycles. The number of hydrogen-bond acceptors (Lipinski definition) is 3. The molecule has 0 heterocycles. The van der Waals surface area contributed by atoms with Crippen molar-refractivity contribution in [3.63, 3.8) is 0 Å². The highest BCUT2D eigenvalue weighted by Gasteiger charge is 2.18. The van der Waals surface area contributed by atoms with Gasteiger partial charge in [-0.15, -0.1) is 0 Å². The number of ketones is 1. The summed E-state index contributed by atoms with van der Waals surface area (Å²) in [5.41, 5.74) is 3.44. The van der Waals surface area contributed by atoms with Crippen LogP contribution in [0.5, 0.6) is 0 Å². The largest absolute Gasteiger partial charge is 0.462 e. The van der Waals surface area contributed by atoms with E-state index in [0.29, 0.717) is 16.7 Å². The first-order valence-electron chi connectivity index (χ1n) is 6.92. The van der Waals surface area contributed by atoms with E-state index in [4.69, 9.17) is 4.74 Å². The van der Waals surface area contributed by atoms with Gasteiger partial charge in [-0.1, -0.05) is 30.3 Å². The smallest absolute Gasteiger partial charge is 0.338 e. The zero-order chi connectivity index (χ0) is 15.4. The number of rotatable bonds is 4. The Morgan fingerprint density at radius 3 is 2.24 bits per heavy atom. The minimum Gasteiger partial charge on any atom is -0.462 e. The molecule has 0 fully saturated rings. The molecule has 0 aliphatic carbocycles. The summed E-state index contributed by atoms with van der Waals surface area (Å²) in [4.78, 5) is 24.6. The third-order valence-corrected chi connectivity index (χ3v) is 3.44. The zero-order valence-electron chi connectivity index (χ0n) is 12.5. The molecule has 2 aromatic carbocycles. The number of carbonyl (C=O) groups excluding carboxylic acids is 2. The lowest BCUT2D eigenvalue weighted by Gasteiger charge is -2.09. The van der Waals surface area contributed by atoms with Gasteiger partial charge >= 0.3 is 5.97 Å². The van der Waals surface area contributed by atoms with E-state index < -0.39 is 5.97 Å². The van der Waals surface area contributed by atoms with Crippen LogP contribution < -0.4 is 0 Å². The Labute approximate surface area is 124 Å². The highest BCUT2D eigenvalue weighted by Crippen LogP contribution is 2.18. The molecule has 0 saturated carbocycles. The summed E-state index contributed by atoms with van der Waals surface area (Å²) in [5, 5.41) is 0. The third kappa shape index (κ3) is 3.19. The van der Waals surface area contributed by atoms with Crippen LogP contribution in [0.1, 0.15) is 44.3 Å². The molecular formula is C18H18O3. The minimum absolute atomic E-state index is 0.165. The molecule has 3 nitrogen and oxygen atoms in total. The van der Waals surface area contributed by atoms with E-state index in [9.17, 15) is 9.59 Å². The molecule has 0 N–H and O–H groups in total. The van der Waals surface area contributed by atoms with Crippen molar-refractivity contribution in [3.05, 3.63) is 70.3 Å². The van der Waals surface area contributed by atoms with Crippen LogP contribution >= 0.6 is 0 Å². The average Bonchev–Trinajstić information content (AvgIpc) is 2.49. The molecular weight excluding hydrogens is 264 g/mol. The van der Waals surface area contributed by atoms with Crippen LogP contribution in [0, 0.1) is 13.8 Å². The maximum Gasteiger partial charge on any atom is 0.338 e. The van der Waals surface area contributed by atoms with Gasteiger partial charge in [-0.3, -0.25) is 4.79 Å². The van der Waals surface area contributed by atoms with Gasteiger partial charge in [0.2, 0.25) is 0 Å². The molecule has 108 valence electrons. The van der Waals surface area contributed by atoms with E-state index >= 15 is 0 Å². The van der Waals surface area contributed by atoms with Crippen LogP contribution in [0.4, 0.5) is 0 Å². The minimum atomic E-state index is -0.467. The van der Waals surface area contributed by atoms with Gasteiger partial charge in [-0.25, -0.2) is 4.79 Å². The first-order chi connectivity index (χ1) is 10.0. The molecule has 2 rings (SSSR count). The van der Waals surface area contributed by atoms with Crippen molar-refractivity contribution >= 4 is 11.8 Å². The van der Waals surface area contributed by atoms with Gasteiger partial charge in [-0.05, 0) is 44.0 Å². The van der Waals surface area contributed by atoms with Crippen molar-refractivity contribution in [3.8, 4) is 0 Å². The molecule has 0 bridgehead atoms. The topological polar surface area (TPSA) is 43.4 Å². The quantitative estimate of drug-likeness (QED) is 0.634. The maximum absolute atomic E-state index is 12.6. The summed E-state index contributed by atoms with van der Waals surface area (Å²) in [7, 11) is 0. The van der Waals surface area contributed by atoms with Gasteiger partial charge in [0.15, 0.2) is 5.78 Å². The molecule has 0 aliphatic rings. The maximum atomic E-state index is 12.6. The molecule has 0 amide bonds. The van der Waals surface area contributed by atoms with Gasteiger partial charge in [0.05, 0.1) is 12.2 Å². The zero-order valence-corrected chi connectivity index (χ0v) is 12.5. The first kappa shape index (κ1) is 15.0. The second-order valence-electron chi connectivity index (χ2n) is 4.89. The standard InChI is InChI=1S/C18H18O3/c1-4-21-18(20)16-8-6-5-7-15(16)17(19)14-10-9-12(2)13(3)11-14/h5-11H,4H2,1-3H3. The lowest BCUT2D eigenvalue weighted by molar-refractivity contribution is 0.0523. The Hall–Kier alpha value is -2.42. The highest BCUT2D eigenvalue weighted by molar-refractivity contribution is 6.14. The number of carbonyl (C=O) groups is 2. The Morgan fingerprint density at radius 2 is 1.62 bits per heavy atom. The Bertz CT molecular complexity index is 687. The SMILES string of the molecule is CCOC(=O)c1ccccc1C(=O)c1ccc(C)c(C)c1. The second-order valence-corrected chi connectivity index (χ2v) is 4.89. The van der Waals surface area contributed by atoms with Crippen LogP contribution in [0.15, 0.2) is 42.5 Å². The Morgan fingerprint density at radius 1 is 0.952 bits per heavy atom. The number of benzene rings is 2. The lowest BCUT2D eigenvalue weighted by atomic mass is 9.96. The molecule has 0 atom stereocenters.